The van der Waals surface area contributed by atoms with E-state index in [0.717, 1.165) is 28.4 Å². The Bertz CT molecular complexity index is 1550. The predicted octanol–water partition coefficient (Wildman–Crippen LogP) is 4.85. The molecule has 1 atom stereocenters. The summed E-state index contributed by atoms with van der Waals surface area (Å²) < 4.78 is 52.9. The molecule has 2 aromatic carbocycles. The van der Waals surface area contributed by atoms with Crippen LogP contribution < -0.4 is 19.3 Å². The summed E-state index contributed by atoms with van der Waals surface area (Å²) in [6.07, 6.45) is 0.343. The molecule has 2 heterocycles. The van der Waals surface area contributed by atoms with Gasteiger partial charge in [0.15, 0.2) is 11.6 Å². The number of halogens is 3. The zero-order chi connectivity index (χ0) is 31.5. The van der Waals surface area contributed by atoms with E-state index in [9.17, 15) is 27.6 Å². The van der Waals surface area contributed by atoms with Crippen molar-refractivity contribution in [1.29, 1.82) is 0 Å². The maximum atomic E-state index is 13.9. The van der Waals surface area contributed by atoms with Crippen LogP contribution in [-0.4, -0.2) is 67.0 Å². The average molecular weight is 615 g/mol. The number of hydrogen-bond donors (Lipinski definition) is 0. The Morgan fingerprint density at radius 3 is 2.44 bits per heavy atom. The number of amides is 3. The molecule has 1 unspecified atom stereocenters. The first kappa shape index (κ1) is 31.4. The summed E-state index contributed by atoms with van der Waals surface area (Å²) in [6, 6.07) is 8.27. The highest BCUT2D eigenvalue weighted by molar-refractivity contribution is 7.10. The lowest BCUT2D eigenvalue weighted by molar-refractivity contribution is -0.137. The minimum Gasteiger partial charge on any atom is -0.491 e. The van der Waals surface area contributed by atoms with Crippen LogP contribution in [0.5, 0.6) is 11.5 Å². The van der Waals surface area contributed by atoms with Crippen molar-refractivity contribution in [2.75, 3.05) is 37.0 Å². The second-order valence-electron chi connectivity index (χ2n) is 10.1. The van der Waals surface area contributed by atoms with Gasteiger partial charge in [-0.25, -0.2) is 4.98 Å². The molecule has 1 aliphatic heterocycles. The molecule has 3 amide bonds. The quantitative estimate of drug-likeness (QED) is 0.320. The van der Waals surface area contributed by atoms with Gasteiger partial charge in [-0.05, 0) is 62.6 Å². The van der Waals surface area contributed by atoms with Crippen molar-refractivity contribution in [1.82, 2.24) is 9.88 Å². The van der Waals surface area contributed by atoms with E-state index in [0.29, 0.717) is 11.4 Å². The Kier molecular flexibility index (Phi) is 9.30. The lowest BCUT2D eigenvalue weighted by atomic mass is 10.1. The number of ether oxygens (including phenoxy) is 2. The van der Waals surface area contributed by atoms with E-state index in [1.54, 1.807) is 52.2 Å². The summed E-state index contributed by atoms with van der Waals surface area (Å²) in [5, 5.41) is 1.62. The van der Waals surface area contributed by atoms with Crippen LogP contribution in [0.15, 0.2) is 47.8 Å². The molecular weight excluding hydrogens is 585 g/mol. The molecule has 226 valence electrons. The smallest absolute Gasteiger partial charge is 0.416 e. The molecule has 1 saturated heterocycles. The van der Waals surface area contributed by atoms with E-state index in [4.69, 9.17) is 15.9 Å². The third-order valence-corrected chi connectivity index (χ3v) is 7.21. The van der Waals surface area contributed by atoms with Crippen LogP contribution in [0, 0.1) is 12.3 Å². The van der Waals surface area contributed by atoms with E-state index >= 15 is 0 Å². The van der Waals surface area contributed by atoms with E-state index in [2.05, 4.69) is 10.9 Å². The van der Waals surface area contributed by atoms with Gasteiger partial charge in [0, 0.05) is 43.5 Å². The van der Waals surface area contributed by atoms with Crippen LogP contribution in [0.2, 0.25) is 0 Å². The van der Waals surface area contributed by atoms with Gasteiger partial charge in [0.25, 0.3) is 11.8 Å². The van der Waals surface area contributed by atoms with Gasteiger partial charge in [-0.1, -0.05) is 0 Å². The van der Waals surface area contributed by atoms with Crippen LogP contribution in [0.4, 0.5) is 24.5 Å². The largest absolute Gasteiger partial charge is 0.491 e. The number of alkyl halides is 3. The molecular formula is C30H29F3N4O5S. The monoisotopic (exact) mass is 614 g/mol. The molecule has 1 aromatic heterocycles. The summed E-state index contributed by atoms with van der Waals surface area (Å²) >= 11 is 1.03. The minimum atomic E-state index is -4.75. The lowest BCUT2D eigenvalue weighted by Crippen LogP contribution is -2.46. The molecule has 1 aliphatic rings. The van der Waals surface area contributed by atoms with Gasteiger partial charge >= 0.3 is 6.18 Å². The van der Waals surface area contributed by atoms with Crippen LogP contribution in [0.3, 0.4) is 0 Å². The Labute approximate surface area is 250 Å². The zero-order valence-electron chi connectivity index (χ0n) is 23.8. The van der Waals surface area contributed by atoms with Crippen LogP contribution in [0.25, 0.3) is 0 Å². The van der Waals surface area contributed by atoms with Crippen molar-refractivity contribution in [2.24, 2.45) is 0 Å². The Morgan fingerprint density at radius 1 is 1.16 bits per heavy atom. The molecule has 43 heavy (non-hydrogen) atoms. The molecule has 0 spiro atoms. The van der Waals surface area contributed by atoms with Gasteiger partial charge in [-0.2, -0.15) is 13.2 Å². The number of terminal acetylenes is 1. The van der Waals surface area contributed by atoms with Crippen molar-refractivity contribution in [3.63, 3.8) is 0 Å². The van der Waals surface area contributed by atoms with E-state index in [1.807, 2.05) is 0 Å². The highest BCUT2D eigenvalue weighted by atomic mass is 32.1. The number of likely N-dealkylation sites (N-methyl/N-ethyl adjacent to an activating group) is 1. The van der Waals surface area contributed by atoms with Gasteiger partial charge in [-0.15, -0.1) is 17.8 Å². The van der Waals surface area contributed by atoms with Crippen LogP contribution in [-0.2, 0) is 15.8 Å². The summed E-state index contributed by atoms with van der Waals surface area (Å²) in [4.78, 5) is 47.4. The van der Waals surface area contributed by atoms with Crippen molar-refractivity contribution in [3.05, 3.63) is 64.1 Å². The summed E-state index contributed by atoms with van der Waals surface area (Å²) in [5.74, 6) is 1.14. The van der Waals surface area contributed by atoms with E-state index in [-0.39, 0.29) is 47.6 Å². The topological polar surface area (TPSA) is 92.3 Å². The summed E-state index contributed by atoms with van der Waals surface area (Å²) in [6.45, 7) is 3.35. The highest BCUT2D eigenvalue weighted by Crippen LogP contribution is 2.38. The van der Waals surface area contributed by atoms with Gasteiger partial charge in [0.1, 0.15) is 23.2 Å². The first-order valence-electron chi connectivity index (χ1n) is 13.2. The van der Waals surface area contributed by atoms with Crippen molar-refractivity contribution < 1.29 is 37.0 Å². The van der Waals surface area contributed by atoms with Crippen molar-refractivity contribution in [3.8, 4) is 23.8 Å². The number of hydrogen-bond acceptors (Lipinski definition) is 7. The fourth-order valence-electron chi connectivity index (χ4n) is 4.38. The van der Waals surface area contributed by atoms with E-state index in [1.165, 1.54) is 21.2 Å². The SMILES string of the molecule is C#Cc1nc(C(=O)N(c2cc(OC(C)C)cc(C(F)(F)F)c2)C2CCN(c3ccc(OCC(=O)N(C)C)cc3)C2=O)cs1. The molecule has 9 nitrogen and oxygen atoms in total. The fourth-order valence-corrected chi connectivity index (χ4v) is 4.98. The van der Waals surface area contributed by atoms with Crippen molar-refractivity contribution in [2.45, 2.75) is 38.6 Å². The number of carbonyl (C=O) groups is 3. The average Bonchev–Trinajstić information content (AvgIpc) is 3.58. The Morgan fingerprint density at radius 2 is 1.86 bits per heavy atom. The molecule has 0 N–H and O–H groups in total. The number of nitrogens with zero attached hydrogens (tertiary/aromatic N) is 4. The Hall–Kier alpha value is -4.57. The number of aromatic nitrogens is 1. The number of benzene rings is 2. The predicted molar refractivity (Wildman–Crippen MR) is 155 cm³/mol. The van der Waals surface area contributed by atoms with E-state index < -0.39 is 35.7 Å². The standard InChI is InChI=1S/C30H29F3N4O5S/c1-6-26-34-24(17-43-26)28(39)37(21-13-19(30(31,32)33)14-23(15-21)42-18(2)3)25-11-12-36(29(25)40)20-7-9-22(10-8-20)41-16-27(38)35(4)5/h1,7-10,13-15,17-18,25H,11-12,16H2,2-5H3. The van der Waals surface area contributed by atoms with Crippen LogP contribution in [0.1, 0.15) is 41.3 Å². The molecule has 1 fully saturated rings. The maximum Gasteiger partial charge on any atom is 0.416 e. The Balaban J connectivity index is 1.69. The molecule has 0 bridgehead atoms. The molecule has 13 heteroatoms. The molecule has 3 aromatic rings. The van der Waals surface area contributed by atoms with Gasteiger partial charge in [0.2, 0.25) is 5.91 Å². The number of rotatable bonds is 9. The molecule has 4 rings (SSSR count). The second-order valence-corrected chi connectivity index (χ2v) is 11.0. The normalized spacial score (nSPS) is 14.9. The van der Waals surface area contributed by atoms with Crippen LogP contribution >= 0.6 is 11.3 Å². The third kappa shape index (κ3) is 7.26. The third-order valence-electron chi connectivity index (χ3n) is 6.43. The molecule has 0 saturated carbocycles. The number of carbonyl (C=O) groups excluding carboxylic acids is 3. The first-order chi connectivity index (χ1) is 20.3. The minimum absolute atomic E-state index is 0.0956. The zero-order valence-corrected chi connectivity index (χ0v) is 24.7. The number of thiazole rings is 1. The highest BCUT2D eigenvalue weighted by Gasteiger charge is 2.42. The lowest BCUT2D eigenvalue weighted by Gasteiger charge is -2.29. The first-order valence-corrected chi connectivity index (χ1v) is 14.1. The maximum absolute atomic E-state index is 13.9. The summed E-state index contributed by atoms with van der Waals surface area (Å²) in [7, 11) is 3.22. The second kappa shape index (κ2) is 12.7. The fraction of sp³-hybridized carbons (Fsp3) is 0.333. The van der Waals surface area contributed by atoms with Gasteiger partial charge in [-0.3, -0.25) is 19.3 Å². The van der Waals surface area contributed by atoms with Crippen molar-refractivity contribution >= 4 is 40.4 Å². The number of anilines is 2. The molecule has 0 aliphatic carbocycles. The summed E-state index contributed by atoms with van der Waals surface area (Å²) in [5.41, 5.74) is -0.809. The van der Waals surface area contributed by atoms with Gasteiger partial charge < -0.3 is 19.3 Å². The molecule has 0 radical (unpaired) electrons. The van der Waals surface area contributed by atoms with Gasteiger partial charge in [0.05, 0.1) is 11.7 Å².